The van der Waals surface area contributed by atoms with Crippen LogP contribution in [0.3, 0.4) is 0 Å². The van der Waals surface area contributed by atoms with Crippen molar-refractivity contribution in [2.24, 2.45) is 11.3 Å². The van der Waals surface area contributed by atoms with Gasteiger partial charge in [0, 0.05) is 50.8 Å². The van der Waals surface area contributed by atoms with E-state index in [1.807, 2.05) is 0 Å². The monoisotopic (exact) mass is 401 g/mol. The number of anilines is 1. The van der Waals surface area contributed by atoms with Gasteiger partial charge in [-0.15, -0.1) is 0 Å². The Labute approximate surface area is 171 Å². The van der Waals surface area contributed by atoms with Crippen LogP contribution >= 0.6 is 0 Å². The van der Waals surface area contributed by atoms with Gasteiger partial charge < -0.3 is 26.0 Å². The fourth-order valence-electron chi connectivity index (χ4n) is 4.93. The average molecular weight is 402 g/mol. The average Bonchev–Trinajstić information content (AvgIpc) is 2.65. The van der Waals surface area contributed by atoms with Gasteiger partial charge in [-0.2, -0.15) is 0 Å². The van der Waals surface area contributed by atoms with Crippen molar-refractivity contribution in [3.8, 4) is 0 Å². The maximum absolute atomic E-state index is 12.2. The van der Waals surface area contributed by atoms with E-state index in [0.717, 1.165) is 63.4 Å². The zero-order chi connectivity index (χ0) is 20.4. The predicted molar refractivity (Wildman–Crippen MR) is 110 cm³/mol. The second-order valence-electron chi connectivity index (χ2n) is 8.83. The molecular weight excluding hydrogens is 370 g/mol. The maximum atomic E-state index is 12.2. The zero-order valence-corrected chi connectivity index (χ0v) is 17.0. The molecule has 1 spiro atoms. The van der Waals surface area contributed by atoms with E-state index in [2.05, 4.69) is 33.0 Å². The molecule has 3 aliphatic rings. The van der Waals surface area contributed by atoms with Gasteiger partial charge in [-0.3, -0.25) is 9.59 Å². The van der Waals surface area contributed by atoms with Crippen LogP contribution < -0.4 is 16.0 Å². The summed E-state index contributed by atoms with van der Waals surface area (Å²) in [4.78, 5) is 30.5. The first-order valence-electron chi connectivity index (χ1n) is 10.6. The first-order valence-corrected chi connectivity index (χ1v) is 10.6. The van der Waals surface area contributed by atoms with E-state index in [1.165, 1.54) is 12.0 Å². The molecule has 0 bridgehead atoms. The highest BCUT2D eigenvalue weighted by Crippen LogP contribution is 2.51. The van der Waals surface area contributed by atoms with Crippen molar-refractivity contribution in [2.45, 2.75) is 38.1 Å². The molecule has 8 heteroatoms. The van der Waals surface area contributed by atoms with E-state index < -0.39 is 12.0 Å². The summed E-state index contributed by atoms with van der Waals surface area (Å²) < 4.78 is 0. The number of hydrogen-bond acceptors (Lipinski definition) is 6. The van der Waals surface area contributed by atoms with Crippen LogP contribution in [0.15, 0.2) is 12.1 Å². The first-order chi connectivity index (χ1) is 14.0. The van der Waals surface area contributed by atoms with Gasteiger partial charge in [-0.05, 0) is 49.8 Å². The van der Waals surface area contributed by atoms with Gasteiger partial charge in [0.25, 0.3) is 0 Å². The summed E-state index contributed by atoms with van der Waals surface area (Å²) in [5, 5.41) is 17.9. The Balaban J connectivity index is 1.16. The number of aliphatic carboxylic acids is 1. The molecule has 2 aliphatic heterocycles. The number of rotatable bonds is 8. The van der Waals surface area contributed by atoms with Crippen LogP contribution in [0.5, 0.6) is 0 Å². The zero-order valence-electron chi connectivity index (χ0n) is 17.0. The van der Waals surface area contributed by atoms with Crippen molar-refractivity contribution in [2.75, 3.05) is 45.1 Å². The minimum atomic E-state index is -0.947. The van der Waals surface area contributed by atoms with E-state index in [9.17, 15) is 9.59 Å². The van der Waals surface area contributed by atoms with Crippen LogP contribution in [-0.4, -0.2) is 72.7 Å². The molecule has 1 saturated carbocycles. The van der Waals surface area contributed by atoms with Crippen molar-refractivity contribution in [3.05, 3.63) is 23.4 Å². The Morgan fingerprint density at radius 1 is 1.38 bits per heavy atom. The molecule has 1 aromatic heterocycles. The summed E-state index contributed by atoms with van der Waals surface area (Å²) in [6.07, 6.45) is 5.07. The molecule has 29 heavy (non-hydrogen) atoms. The number of nitrogens with zero attached hydrogens (tertiary/aromatic N) is 2. The number of amides is 1. The first kappa shape index (κ1) is 20.1. The number of nitrogens with one attached hydrogen (secondary N) is 3. The Morgan fingerprint density at radius 2 is 2.17 bits per heavy atom. The van der Waals surface area contributed by atoms with Crippen LogP contribution in [-0.2, 0) is 22.4 Å². The molecule has 158 valence electrons. The smallest absolute Gasteiger partial charge is 0.322 e. The number of carboxylic acid groups (broad SMARTS) is 1. The van der Waals surface area contributed by atoms with Crippen molar-refractivity contribution >= 4 is 17.7 Å². The van der Waals surface area contributed by atoms with Gasteiger partial charge in [0.15, 0.2) is 0 Å². The molecule has 4 N–H and O–H groups in total. The molecule has 1 aliphatic carbocycles. The summed E-state index contributed by atoms with van der Waals surface area (Å²) in [6.45, 7) is 4.25. The van der Waals surface area contributed by atoms with E-state index >= 15 is 0 Å². The number of fused-ring (bicyclic) bond motifs is 1. The minimum Gasteiger partial charge on any atom is -0.480 e. The molecule has 0 radical (unpaired) electrons. The number of pyridine rings is 1. The highest BCUT2D eigenvalue weighted by molar-refractivity contribution is 5.81. The van der Waals surface area contributed by atoms with Gasteiger partial charge in [-0.25, -0.2) is 4.98 Å². The molecule has 2 fully saturated rings. The fraction of sp³-hybridized carbons (Fsp3) is 0.667. The largest absolute Gasteiger partial charge is 0.480 e. The summed E-state index contributed by atoms with van der Waals surface area (Å²) in [6, 6.07) is 3.62. The predicted octanol–water partition coefficient (Wildman–Crippen LogP) is 0.483. The van der Waals surface area contributed by atoms with Crippen molar-refractivity contribution in [3.63, 3.8) is 0 Å². The number of aromatic nitrogens is 1. The van der Waals surface area contributed by atoms with Crippen LogP contribution in [0.1, 0.15) is 30.5 Å². The van der Waals surface area contributed by atoms with Crippen molar-refractivity contribution in [1.82, 2.24) is 20.5 Å². The number of carbonyl (C=O) groups is 2. The number of aryl methyl sites for hydroxylation is 1. The number of carboxylic acids is 1. The van der Waals surface area contributed by atoms with Crippen molar-refractivity contribution < 1.29 is 14.7 Å². The lowest BCUT2D eigenvalue weighted by Gasteiger charge is -2.58. The summed E-state index contributed by atoms with van der Waals surface area (Å²) in [5.41, 5.74) is 2.76. The number of hydrogen-bond donors (Lipinski definition) is 4. The van der Waals surface area contributed by atoms with Gasteiger partial charge in [0.1, 0.15) is 11.9 Å². The van der Waals surface area contributed by atoms with E-state index in [0.29, 0.717) is 5.41 Å². The van der Waals surface area contributed by atoms with Crippen LogP contribution in [0, 0.1) is 11.3 Å². The lowest BCUT2D eigenvalue weighted by atomic mass is 9.57. The second-order valence-corrected chi connectivity index (χ2v) is 8.83. The van der Waals surface area contributed by atoms with Gasteiger partial charge in [-0.1, -0.05) is 6.07 Å². The highest BCUT2D eigenvalue weighted by Gasteiger charge is 2.53. The Morgan fingerprint density at radius 3 is 2.90 bits per heavy atom. The Hall–Kier alpha value is -2.19. The molecule has 8 nitrogen and oxygen atoms in total. The number of likely N-dealkylation sites (N-methyl/N-ethyl adjacent to an activating group) is 1. The lowest BCUT2D eigenvalue weighted by Crippen LogP contribution is -2.64. The third-order valence-electron chi connectivity index (χ3n) is 6.61. The number of likely N-dealkylation sites (tertiary alicyclic amines) is 1. The molecule has 1 saturated heterocycles. The normalized spacial score (nSPS) is 21.4. The van der Waals surface area contributed by atoms with Gasteiger partial charge >= 0.3 is 5.97 Å². The Bertz CT molecular complexity index is 770. The fourth-order valence-corrected chi connectivity index (χ4v) is 4.93. The van der Waals surface area contributed by atoms with Gasteiger partial charge in [0.05, 0.1) is 0 Å². The van der Waals surface area contributed by atoms with Crippen molar-refractivity contribution in [1.29, 1.82) is 0 Å². The molecular formula is C21H31N5O3. The molecule has 1 amide bonds. The molecule has 3 heterocycles. The maximum Gasteiger partial charge on any atom is 0.322 e. The topological polar surface area (TPSA) is 107 Å². The SMILES string of the molecule is CNC(CNC(=O)C1CC2(C1)CN(CCc1ccc3c(n1)NCCC3)C2)C(=O)O. The Kier molecular flexibility index (Phi) is 5.74. The molecule has 1 aromatic rings. The summed E-state index contributed by atoms with van der Waals surface area (Å²) >= 11 is 0. The highest BCUT2D eigenvalue weighted by atomic mass is 16.4. The van der Waals surface area contributed by atoms with Crippen LogP contribution in [0.4, 0.5) is 5.82 Å². The quantitative estimate of drug-likeness (QED) is 0.502. The third-order valence-corrected chi connectivity index (χ3v) is 6.61. The van der Waals surface area contributed by atoms with E-state index in [-0.39, 0.29) is 18.4 Å². The standard InChI is InChI=1S/C21H31N5O3/c1-22-17(20(28)29)11-24-19(27)15-9-21(10-15)12-26(13-21)8-6-16-5-4-14-3-2-7-23-18(14)25-16/h4-5,15,17,22H,2-3,6-13H2,1H3,(H,23,25)(H,24,27)(H,28,29). The minimum absolute atomic E-state index is 0.0127. The third kappa shape index (κ3) is 4.38. The van der Waals surface area contributed by atoms with Gasteiger partial charge in [0.2, 0.25) is 5.91 Å². The molecule has 0 aromatic carbocycles. The lowest BCUT2D eigenvalue weighted by molar-refractivity contribution is -0.145. The summed E-state index contributed by atoms with van der Waals surface area (Å²) in [5.74, 6) is 0.125. The second kappa shape index (κ2) is 8.28. The summed E-state index contributed by atoms with van der Waals surface area (Å²) in [7, 11) is 1.59. The molecule has 1 unspecified atom stereocenters. The molecule has 1 atom stereocenters. The number of carbonyl (C=O) groups excluding carboxylic acids is 1. The molecule has 4 rings (SSSR count). The van der Waals surface area contributed by atoms with E-state index in [1.54, 1.807) is 7.05 Å². The van der Waals surface area contributed by atoms with Crippen LogP contribution in [0.25, 0.3) is 0 Å². The van der Waals surface area contributed by atoms with Crippen LogP contribution in [0.2, 0.25) is 0 Å². The van der Waals surface area contributed by atoms with E-state index in [4.69, 9.17) is 10.1 Å².